The lowest BCUT2D eigenvalue weighted by Gasteiger charge is -2.10. The number of rotatable bonds is 3. The Bertz CT molecular complexity index is 1960. The van der Waals surface area contributed by atoms with Crippen molar-refractivity contribution in [2.45, 2.75) is 0 Å². The van der Waals surface area contributed by atoms with Crippen LogP contribution in [0.1, 0.15) is 0 Å². The van der Waals surface area contributed by atoms with Crippen molar-refractivity contribution in [3.63, 3.8) is 0 Å². The highest BCUT2D eigenvalue weighted by atomic mass is 31.1. The summed E-state index contributed by atoms with van der Waals surface area (Å²) in [6.45, 7) is 0. The second kappa shape index (κ2) is 8.48. The van der Waals surface area contributed by atoms with Crippen molar-refractivity contribution in [1.82, 2.24) is 4.57 Å². The summed E-state index contributed by atoms with van der Waals surface area (Å²) in [5.74, 6) is 0. The maximum absolute atomic E-state index is 2.40. The summed E-state index contributed by atoms with van der Waals surface area (Å²) in [6.07, 6.45) is 0. The number of benzene rings is 6. The second-order valence-electron chi connectivity index (χ2n) is 9.78. The molecule has 1 unspecified atom stereocenters. The minimum atomic E-state index is -0.592. The van der Waals surface area contributed by atoms with Gasteiger partial charge in [0.25, 0.3) is 0 Å². The van der Waals surface area contributed by atoms with Gasteiger partial charge in [-0.2, -0.15) is 0 Å². The molecule has 0 N–H and O–H groups in total. The Morgan fingerprint density at radius 3 is 1.79 bits per heavy atom. The zero-order valence-electron chi connectivity index (χ0n) is 20.8. The molecule has 0 aliphatic rings. The van der Waals surface area contributed by atoms with E-state index in [1.807, 2.05) is 0 Å². The SMILES string of the molecule is c1ccc(-n2c3ccccc3c3c(-c4cccc5c4c4ccccc4p5-c4ccccc4)cccc32)cc1. The first-order chi connectivity index (χ1) is 18.9. The largest absolute Gasteiger partial charge is 0.309 e. The minimum absolute atomic E-state index is 0.592. The van der Waals surface area contributed by atoms with Crippen LogP contribution in [0.25, 0.3) is 64.9 Å². The molecule has 0 bridgehead atoms. The van der Waals surface area contributed by atoms with E-state index in [0.717, 1.165) is 0 Å². The normalized spacial score (nSPS) is 12.2. The van der Waals surface area contributed by atoms with Crippen molar-refractivity contribution in [1.29, 1.82) is 0 Å². The van der Waals surface area contributed by atoms with Crippen molar-refractivity contribution in [2.24, 2.45) is 0 Å². The van der Waals surface area contributed by atoms with Crippen molar-refractivity contribution < 1.29 is 0 Å². The predicted octanol–water partition coefficient (Wildman–Crippen LogP) is 10.7. The fourth-order valence-electron chi connectivity index (χ4n) is 6.20. The summed E-state index contributed by atoms with van der Waals surface area (Å²) in [7, 11) is -0.592. The monoisotopic (exact) mass is 501 g/mol. The molecule has 8 rings (SSSR count). The van der Waals surface area contributed by atoms with Crippen LogP contribution in [-0.2, 0) is 0 Å². The Hall–Kier alpha value is -4.58. The molecule has 2 aromatic heterocycles. The van der Waals surface area contributed by atoms with Gasteiger partial charge in [-0.1, -0.05) is 123 Å². The van der Waals surface area contributed by atoms with Gasteiger partial charge in [0.15, 0.2) is 0 Å². The van der Waals surface area contributed by atoms with Gasteiger partial charge in [0, 0.05) is 32.1 Å². The second-order valence-corrected chi connectivity index (χ2v) is 11.9. The van der Waals surface area contributed by atoms with Crippen molar-refractivity contribution in [3.05, 3.63) is 146 Å². The van der Waals surface area contributed by atoms with Crippen LogP contribution < -0.4 is 0 Å². The van der Waals surface area contributed by atoms with Crippen molar-refractivity contribution in [2.75, 3.05) is 0 Å². The van der Waals surface area contributed by atoms with Crippen LogP contribution in [0.4, 0.5) is 0 Å². The lowest BCUT2D eigenvalue weighted by molar-refractivity contribution is 1.18. The third-order valence-corrected chi connectivity index (χ3v) is 10.3. The third kappa shape index (κ3) is 3.06. The minimum Gasteiger partial charge on any atom is -0.309 e. The number of para-hydroxylation sites is 2. The Balaban J connectivity index is 1.52. The number of hydrogen-bond acceptors (Lipinski definition) is 0. The van der Waals surface area contributed by atoms with Crippen LogP contribution in [0.3, 0.4) is 0 Å². The summed E-state index contributed by atoms with van der Waals surface area (Å²) in [4.78, 5) is 0. The molecule has 8 aromatic rings. The summed E-state index contributed by atoms with van der Waals surface area (Å²) in [6, 6.07) is 53.3. The van der Waals surface area contributed by atoms with Gasteiger partial charge in [0.05, 0.1) is 11.0 Å². The smallest absolute Gasteiger partial charge is 0.0547 e. The molecule has 38 heavy (non-hydrogen) atoms. The lowest BCUT2D eigenvalue weighted by atomic mass is 9.95. The van der Waals surface area contributed by atoms with E-state index in [1.165, 1.54) is 64.9 Å². The van der Waals surface area contributed by atoms with E-state index < -0.39 is 7.53 Å². The maximum Gasteiger partial charge on any atom is 0.0547 e. The fourth-order valence-corrected chi connectivity index (χ4v) is 8.85. The molecule has 0 aliphatic carbocycles. The van der Waals surface area contributed by atoms with Gasteiger partial charge in [0.2, 0.25) is 0 Å². The summed E-state index contributed by atoms with van der Waals surface area (Å²) >= 11 is 0. The van der Waals surface area contributed by atoms with E-state index in [4.69, 9.17) is 0 Å². The molecule has 0 radical (unpaired) electrons. The maximum atomic E-state index is 2.40. The third-order valence-electron chi connectivity index (χ3n) is 7.71. The van der Waals surface area contributed by atoms with E-state index in [-0.39, 0.29) is 0 Å². The van der Waals surface area contributed by atoms with Crippen LogP contribution in [0.15, 0.2) is 146 Å². The molecular weight excluding hydrogens is 477 g/mol. The molecule has 6 aromatic carbocycles. The van der Waals surface area contributed by atoms with Crippen molar-refractivity contribution in [3.8, 4) is 22.1 Å². The van der Waals surface area contributed by atoms with Gasteiger partial charge in [-0.05, 0) is 52.1 Å². The molecule has 1 nitrogen and oxygen atoms in total. The highest BCUT2D eigenvalue weighted by molar-refractivity contribution is 7.68. The average Bonchev–Trinajstić information content (AvgIpc) is 3.51. The molecule has 0 saturated heterocycles. The molecule has 2 heteroatoms. The Kier molecular flexibility index (Phi) is 4.80. The number of hydrogen-bond donors (Lipinski definition) is 0. The number of fused-ring (bicyclic) bond motifs is 6. The van der Waals surface area contributed by atoms with Gasteiger partial charge in [-0.3, -0.25) is 0 Å². The summed E-state index contributed by atoms with van der Waals surface area (Å²) in [5, 5.41) is 9.68. The molecule has 0 fully saturated rings. The highest BCUT2D eigenvalue weighted by Gasteiger charge is 2.20. The van der Waals surface area contributed by atoms with Gasteiger partial charge < -0.3 is 4.57 Å². The van der Waals surface area contributed by atoms with Gasteiger partial charge >= 0.3 is 0 Å². The number of nitrogens with zero attached hydrogens (tertiary/aromatic N) is 1. The van der Waals surface area contributed by atoms with E-state index >= 15 is 0 Å². The van der Waals surface area contributed by atoms with E-state index in [9.17, 15) is 0 Å². The van der Waals surface area contributed by atoms with Crippen molar-refractivity contribution >= 4 is 50.3 Å². The fraction of sp³-hybridized carbons (Fsp3) is 0. The lowest BCUT2D eigenvalue weighted by Crippen LogP contribution is -1.92. The molecule has 178 valence electrons. The first-order valence-electron chi connectivity index (χ1n) is 13.1. The molecule has 0 amide bonds. The van der Waals surface area contributed by atoms with E-state index in [0.29, 0.717) is 0 Å². The van der Waals surface area contributed by atoms with Gasteiger partial charge in [0.1, 0.15) is 0 Å². The number of aromatic nitrogens is 1. The van der Waals surface area contributed by atoms with Gasteiger partial charge in [-0.15, -0.1) is 0 Å². The first kappa shape index (κ1) is 21.5. The molecule has 0 aliphatic heterocycles. The standard InChI is InChI=1S/C36H24NP/c1-3-13-25(14-4-1)37-31-21-9-7-17-29(31)35-27(19-11-22-32(35)37)28-20-12-24-34-36(28)30-18-8-10-23-33(30)38(34)26-15-5-2-6-16-26/h1-24H. The first-order valence-corrected chi connectivity index (χ1v) is 14.4. The molecule has 0 spiro atoms. The topological polar surface area (TPSA) is 4.93 Å². The zero-order chi connectivity index (χ0) is 25.1. The van der Waals surface area contributed by atoms with E-state index in [1.54, 1.807) is 0 Å². The van der Waals surface area contributed by atoms with Gasteiger partial charge in [-0.25, -0.2) is 0 Å². The molecule has 0 saturated carbocycles. The Labute approximate surface area is 222 Å². The van der Waals surface area contributed by atoms with Crippen LogP contribution in [0.2, 0.25) is 0 Å². The van der Waals surface area contributed by atoms with Crippen LogP contribution in [0.5, 0.6) is 0 Å². The predicted molar refractivity (Wildman–Crippen MR) is 165 cm³/mol. The quantitative estimate of drug-likeness (QED) is 0.227. The molecule has 1 atom stereocenters. The Morgan fingerprint density at radius 2 is 0.974 bits per heavy atom. The van der Waals surface area contributed by atoms with E-state index in [2.05, 4.69) is 150 Å². The Morgan fingerprint density at radius 1 is 0.395 bits per heavy atom. The summed E-state index contributed by atoms with van der Waals surface area (Å²) < 4.78 is 2.40. The average molecular weight is 502 g/mol. The van der Waals surface area contributed by atoms with Crippen LogP contribution in [0, 0.1) is 0 Å². The van der Waals surface area contributed by atoms with Crippen LogP contribution in [-0.4, -0.2) is 4.57 Å². The zero-order valence-corrected chi connectivity index (χ0v) is 21.6. The molecular formula is C36H24NP. The molecule has 2 heterocycles. The highest BCUT2D eigenvalue weighted by Crippen LogP contribution is 2.57. The summed E-state index contributed by atoms with van der Waals surface area (Å²) in [5.41, 5.74) is 6.28. The van der Waals surface area contributed by atoms with Crippen LogP contribution >= 0.6 is 7.53 Å².